The van der Waals surface area contributed by atoms with Crippen molar-refractivity contribution < 1.29 is 33.4 Å². The second-order valence-corrected chi connectivity index (χ2v) is 16.6. The molecule has 2 aliphatic heterocycles. The van der Waals surface area contributed by atoms with Crippen molar-refractivity contribution in [3.05, 3.63) is 71.7 Å². The predicted octanol–water partition coefficient (Wildman–Crippen LogP) is 5.44. The van der Waals surface area contributed by atoms with Crippen LogP contribution in [0.5, 0.6) is 0 Å². The second kappa shape index (κ2) is 21.9. The third kappa shape index (κ3) is 17.8. The Balaban J connectivity index is 0.000000244. The number of nitrogens with two attached hydrogens (primary N) is 1. The molecule has 0 radical (unpaired) electrons. The molecule has 0 saturated carbocycles. The number of anilines is 3. The topological polar surface area (TPSA) is 206 Å². The van der Waals surface area contributed by atoms with Gasteiger partial charge < -0.3 is 25.0 Å². The molecular weight excluding hydrogens is 757 g/mol. The van der Waals surface area contributed by atoms with Crippen LogP contribution in [0, 0.1) is 0 Å². The highest BCUT2D eigenvalue weighted by molar-refractivity contribution is 5.84. The molecule has 3 aromatic heterocycles. The smallest absolute Gasteiger partial charge is 0.413 e. The van der Waals surface area contributed by atoms with E-state index in [0.29, 0.717) is 29.3 Å². The minimum atomic E-state index is -0.571. The number of carbonyl (C=O) groups is 5. The molecule has 0 aliphatic carbocycles. The van der Waals surface area contributed by atoms with E-state index in [2.05, 4.69) is 49.2 Å². The van der Waals surface area contributed by atoms with E-state index in [1.807, 2.05) is 55.0 Å². The normalized spacial score (nSPS) is 17.3. The average Bonchev–Trinajstić information content (AvgIpc) is 3.12. The van der Waals surface area contributed by atoms with Gasteiger partial charge in [0, 0.05) is 102 Å². The van der Waals surface area contributed by atoms with Crippen LogP contribution < -0.4 is 16.4 Å². The lowest BCUT2D eigenvalue weighted by atomic mass is 10.1. The number of rotatable bonds is 7. The van der Waals surface area contributed by atoms with E-state index in [-0.39, 0.29) is 23.9 Å². The van der Waals surface area contributed by atoms with Crippen molar-refractivity contribution in [2.45, 2.75) is 106 Å². The first-order chi connectivity index (χ1) is 27.6. The molecule has 4 N–H and O–H groups in total. The number of amides is 4. The van der Waals surface area contributed by atoms with Crippen molar-refractivity contribution in [3.63, 3.8) is 0 Å². The minimum absolute atomic E-state index is 0.131. The van der Waals surface area contributed by atoms with Crippen LogP contribution >= 0.6 is 0 Å². The summed E-state index contributed by atoms with van der Waals surface area (Å²) in [4.78, 5) is 77.1. The highest BCUT2D eigenvalue weighted by atomic mass is 16.6. The molecule has 3 aromatic rings. The summed E-state index contributed by atoms with van der Waals surface area (Å²) in [5.41, 5.74) is 7.16. The SMILES string of the molecule is CC(=O)N1CCN(Cc2ccc(N)nc2)CC1C.CC(=O)N1CCN(Cc2ccc(NC(=O)OC(C)(C)C)nc2)CC1C.CC(C)(C)OC(=O)Nc1ccc(C=O)cn1. The number of ether oxygens (including phenoxy) is 2. The van der Waals surface area contributed by atoms with Gasteiger partial charge in [-0.05, 0) is 90.8 Å². The summed E-state index contributed by atoms with van der Waals surface area (Å²) >= 11 is 0. The fourth-order valence-electron chi connectivity index (χ4n) is 6.29. The molecule has 0 bridgehead atoms. The number of aldehydes is 1. The van der Waals surface area contributed by atoms with E-state index in [1.54, 1.807) is 52.9 Å². The molecule has 0 spiro atoms. The molecule has 322 valence electrons. The number of nitrogens with one attached hydrogen (secondary N) is 2. The van der Waals surface area contributed by atoms with Crippen molar-refractivity contribution in [1.29, 1.82) is 0 Å². The number of nitrogens with zero attached hydrogens (tertiary/aromatic N) is 7. The first-order valence-electron chi connectivity index (χ1n) is 19.7. The van der Waals surface area contributed by atoms with Crippen LogP contribution in [0.1, 0.15) is 90.7 Å². The van der Waals surface area contributed by atoms with Crippen molar-refractivity contribution >= 4 is 47.7 Å². The van der Waals surface area contributed by atoms with E-state index in [1.165, 1.54) is 12.3 Å². The number of hydrogen-bond acceptors (Lipinski definition) is 13. The summed E-state index contributed by atoms with van der Waals surface area (Å²) in [5, 5.41) is 5.09. The number of piperazine rings is 2. The van der Waals surface area contributed by atoms with E-state index in [4.69, 9.17) is 15.2 Å². The van der Waals surface area contributed by atoms with E-state index in [9.17, 15) is 24.0 Å². The Morgan fingerprint density at radius 2 is 1.10 bits per heavy atom. The zero-order valence-electron chi connectivity index (χ0n) is 36.2. The monoisotopic (exact) mass is 818 g/mol. The number of hydrogen-bond donors (Lipinski definition) is 3. The first-order valence-corrected chi connectivity index (χ1v) is 19.7. The van der Waals surface area contributed by atoms with Gasteiger partial charge in [0.2, 0.25) is 11.8 Å². The van der Waals surface area contributed by atoms with Crippen LogP contribution in [0.4, 0.5) is 27.0 Å². The van der Waals surface area contributed by atoms with Crippen LogP contribution in [0.25, 0.3) is 0 Å². The third-order valence-corrected chi connectivity index (χ3v) is 8.90. The van der Waals surface area contributed by atoms with Gasteiger partial charge in [-0.25, -0.2) is 24.5 Å². The maximum absolute atomic E-state index is 11.7. The predicted molar refractivity (Wildman–Crippen MR) is 226 cm³/mol. The van der Waals surface area contributed by atoms with Gasteiger partial charge >= 0.3 is 12.2 Å². The standard InChI is InChI=1S/C18H28N4O3.C13H20N4O.C11H14N2O3/c1-13-11-21(8-9-22(13)14(2)23)12-15-6-7-16(19-10-15)20-17(24)25-18(3,4)5;1-10-8-16(5-6-17(10)11(2)18)9-12-3-4-13(14)15-7-12;1-11(2,3)16-10(15)13-9-5-4-8(7-14)6-12-9/h6-7,10,13H,8-9,11-12H2,1-5H3,(H,19,20,24);3-4,7,10H,5-6,8-9H2,1-2H3,(H2,14,15);4-7H,1-3H3,(H,12,13,15). The lowest BCUT2D eigenvalue weighted by Crippen LogP contribution is -2.53. The summed E-state index contributed by atoms with van der Waals surface area (Å²) in [5.74, 6) is 1.66. The van der Waals surface area contributed by atoms with Crippen molar-refractivity contribution in [2.24, 2.45) is 0 Å². The fraction of sp³-hybridized carbons (Fsp3) is 0.524. The highest BCUT2D eigenvalue weighted by Gasteiger charge is 2.26. The molecule has 4 amide bonds. The van der Waals surface area contributed by atoms with Gasteiger partial charge in [-0.15, -0.1) is 0 Å². The Hall–Kier alpha value is -5.68. The van der Waals surface area contributed by atoms with Crippen LogP contribution in [0.15, 0.2) is 55.0 Å². The molecule has 2 atom stereocenters. The minimum Gasteiger partial charge on any atom is -0.444 e. The van der Waals surface area contributed by atoms with Gasteiger partial charge in [0.05, 0.1) is 0 Å². The molecule has 5 rings (SSSR count). The maximum Gasteiger partial charge on any atom is 0.413 e. The summed E-state index contributed by atoms with van der Waals surface area (Å²) < 4.78 is 10.2. The Labute approximate surface area is 348 Å². The van der Waals surface area contributed by atoms with Crippen molar-refractivity contribution in [3.8, 4) is 0 Å². The summed E-state index contributed by atoms with van der Waals surface area (Å²) in [6.45, 7) is 24.9. The Morgan fingerprint density at radius 3 is 1.42 bits per heavy atom. The van der Waals surface area contributed by atoms with E-state index < -0.39 is 23.4 Å². The first kappa shape index (κ1) is 47.7. The molecule has 17 nitrogen and oxygen atoms in total. The lowest BCUT2D eigenvalue weighted by molar-refractivity contribution is -0.134. The average molecular weight is 819 g/mol. The highest BCUT2D eigenvalue weighted by Crippen LogP contribution is 2.16. The molecule has 5 heterocycles. The van der Waals surface area contributed by atoms with Crippen molar-refractivity contribution in [1.82, 2.24) is 34.6 Å². The quantitative estimate of drug-likeness (QED) is 0.255. The molecule has 2 aliphatic rings. The van der Waals surface area contributed by atoms with Crippen LogP contribution in [-0.4, -0.2) is 127 Å². The van der Waals surface area contributed by atoms with Gasteiger partial charge in [0.1, 0.15) is 28.7 Å². The van der Waals surface area contributed by atoms with Gasteiger partial charge in [-0.1, -0.05) is 12.1 Å². The second-order valence-electron chi connectivity index (χ2n) is 16.6. The van der Waals surface area contributed by atoms with Crippen molar-refractivity contribution in [2.75, 3.05) is 55.6 Å². The molecule has 17 heteroatoms. The largest absolute Gasteiger partial charge is 0.444 e. The Morgan fingerprint density at radius 1 is 0.678 bits per heavy atom. The Kier molecular flexibility index (Phi) is 17.7. The maximum atomic E-state index is 11.7. The van der Waals surface area contributed by atoms with E-state index >= 15 is 0 Å². The van der Waals surface area contributed by atoms with Crippen LogP contribution in [0.2, 0.25) is 0 Å². The number of pyridine rings is 3. The van der Waals surface area contributed by atoms with Gasteiger partial charge in [-0.2, -0.15) is 0 Å². The fourth-order valence-corrected chi connectivity index (χ4v) is 6.29. The van der Waals surface area contributed by atoms with Gasteiger partial charge in [0.15, 0.2) is 6.29 Å². The molecular formula is C42H62N10O7. The third-order valence-electron chi connectivity index (χ3n) is 8.90. The summed E-state index contributed by atoms with van der Waals surface area (Å²) in [6, 6.07) is 11.1. The lowest BCUT2D eigenvalue weighted by Gasteiger charge is -2.39. The molecule has 2 unspecified atom stereocenters. The summed E-state index contributed by atoms with van der Waals surface area (Å²) in [6.07, 6.45) is 4.55. The molecule has 0 aromatic carbocycles. The van der Waals surface area contributed by atoms with Gasteiger partial charge in [0.25, 0.3) is 0 Å². The van der Waals surface area contributed by atoms with Gasteiger partial charge in [-0.3, -0.25) is 34.8 Å². The number of carbonyl (C=O) groups excluding carboxylic acids is 5. The zero-order chi connectivity index (χ0) is 43.9. The van der Waals surface area contributed by atoms with Crippen LogP contribution in [-0.2, 0) is 32.2 Å². The number of nitrogen functional groups attached to an aromatic ring is 1. The summed E-state index contributed by atoms with van der Waals surface area (Å²) in [7, 11) is 0. The molecule has 2 saturated heterocycles. The zero-order valence-corrected chi connectivity index (χ0v) is 36.2. The molecule has 59 heavy (non-hydrogen) atoms. The molecule has 2 fully saturated rings. The number of aromatic nitrogens is 3. The van der Waals surface area contributed by atoms with E-state index in [0.717, 1.165) is 63.5 Å². The van der Waals surface area contributed by atoms with Crippen LogP contribution in [0.3, 0.4) is 0 Å². The Bertz CT molecular complexity index is 1830.